The van der Waals surface area contributed by atoms with E-state index in [9.17, 15) is 0 Å². The first-order valence-electron chi connectivity index (χ1n) is 8.55. The molecule has 0 aromatic heterocycles. The SMILES string of the molecule is C=CCCCCOCC1CC2C(C1)C2c1ccc(C)cc1. The Labute approximate surface area is 129 Å². The third-order valence-corrected chi connectivity index (χ3v) is 5.31. The molecule has 2 saturated carbocycles. The van der Waals surface area contributed by atoms with Crippen molar-refractivity contribution in [1.29, 1.82) is 0 Å². The lowest BCUT2D eigenvalue weighted by molar-refractivity contribution is 0.0937. The predicted octanol–water partition coefficient (Wildman–Crippen LogP) is 5.11. The lowest BCUT2D eigenvalue weighted by Crippen LogP contribution is -2.10. The van der Waals surface area contributed by atoms with Crippen LogP contribution in [0.25, 0.3) is 0 Å². The Kier molecular flexibility index (Phi) is 4.80. The molecule has 2 fully saturated rings. The molecule has 2 atom stereocenters. The van der Waals surface area contributed by atoms with Gasteiger partial charge in [-0.25, -0.2) is 0 Å². The van der Waals surface area contributed by atoms with Gasteiger partial charge in [0, 0.05) is 13.2 Å². The van der Waals surface area contributed by atoms with Gasteiger partial charge in [0.25, 0.3) is 0 Å². The minimum atomic E-state index is 0.820. The molecule has 21 heavy (non-hydrogen) atoms. The van der Waals surface area contributed by atoms with E-state index in [-0.39, 0.29) is 0 Å². The maximum absolute atomic E-state index is 5.86. The Morgan fingerprint density at radius 1 is 1.14 bits per heavy atom. The smallest absolute Gasteiger partial charge is 0.0494 e. The zero-order valence-electron chi connectivity index (χ0n) is 13.3. The van der Waals surface area contributed by atoms with Crippen LogP contribution in [0.15, 0.2) is 36.9 Å². The van der Waals surface area contributed by atoms with Gasteiger partial charge in [-0.05, 0) is 68.3 Å². The largest absolute Gasteiger partial charge is 0.381 e. The summed E-state index contributed by atoms with van der Waals surface area (Å²) in [6, 6.07) is 9.19. The molecule has 114 valence electrons. The van der Waals surface area contributed by atoms with Crippen LogP contribution in [0.4, 0.5) is 0 Å². The first-order chi connectivity index (χ1) is 10.3. The Morgan fingerprint density at radius 3 is 2.52 bits per heavy atom. The zero-order chi connectivity index (χ0) is 14.7. The molecule has 0 N–H and O–H groups in total. The van der Waals surface area contributed by atoms with Crippen molar-refractivity contribution < 1.29 is 4.74 Å². The highest BCUT2D eigenvalue weighted by Gasteiger charge is 2.56. The zero-order valence-corrected chi connectivity index (χ0v) is 13.3. The maximum Gasteiger partial charge on any atom is 0.0494 e. The van der Waals surface area contributed by atoms with Crippen molar-refractivity contribution >= 4 is 0 Å². The van der Waals surface area contributed by atoms with Gasteiger partial charge in [-0.1, -0.05) is 35.9 Å². The van der Waals surface area contributed by atoms with Crippen LogP contribution in [0, 0.1) is 24.7 Å². The van der Waals surface area contributed by atoms with E-state index in [0.717, 1.165) is 43.3 Å². The van der Waals surface area contributed by atoms with Crippen molar-refractivity contribution in [3.63, 3.8) is 0 Å². The van der Waals surface area contributed by atoms with Crippen molar-refractivity contribution in [2.45, 2.75) is 44.9 Å². The lowest BCUT2D eigenvalue weighted by Gasteiger charge is -2.14. The van der Waals surface area contributed by atoms with Gasteiger partial charge >= 0.3 is 0 Å². The number of hydrogen-bond acceptors (Lipinski definition) is 1. The van der Waals surface area contributed by atoms with Gasteiger partial charge in [0.1, 0.15) is 0 Å². The Hall–Kier alpha value is -1.08. The monoisotopic (exact) mass is 284 g/mol. The third kappa shape index (κ3) is 3.58. The second-order valence-electron chi connectivity index (χ2n) is 6.96. The lowest BCUT2D eigenvalue weighted by atomic mass is 9.96. The molecule has 0 bridgehead atoms. The molecule has 1 nitrogen and oxygen atoms in total. The molecule has 0 amide bonds. The summed E-state index contributed by atoms with van der Waals surface area (Å²) in [5, 5.41) is 0. The van der Waals surface area contributed by atoms with Gasteiger partial charge in [0.05, 0.1) is 0 Å². The second kappa shape index (κ2) is 6.79. The van der Waals surface area contributed by atoms with Gasteiger partial charge in [-0.2, -0.15) is 0 Å². The third-order valence-electron chi connectivity index (χ3n) is 5.31. The number of fused-ring (bicyclic) bond motifs is 1. The molecule has 0 radical (unpaired) electrons. The first kappa shape index (κ1) is 14.8. The molecule has 2 aliphatic carbocycles. The topological polar surface area (TPSA) is 9.23 Å². The van der Waals surface area contributed by atoms with Crippen LogP contribution in [-0.4, -0.2) is 13.2 Å². The number of rotatable bonds is 8. The highest BCUT2D eigenvalue weighted by atomic mass is 16.5. The fourth-order valence-electron chi connectivity index (χ4n) is 4.12. The Morgan fingerprint density at radius 2 is 1.86 bits per heavy atom. The predicted molar refractivity (Wildman–Crippen MR) is 88.5 cm³/mol. The molecule has 2 aliphatic rings. The van der Waals surface area contributed by atoms with Crippen molar-refractivity contribution in [1.82, 2.24) is 0 Å². The van der Waals surface area contributed by atoms with Gasteiger partial charge in [-0.3, -0.25) is 0 Å². The average Bonchev–Trinajstić information content (AvgIpc) is 2.99. The summed E-state index contributed by atoms with van der Waals surface area (Å²) in [7, 11) is 0. The molecule has 3 rings (SSSR count). The van der Waals surface area contributed by atoms with Crippen LogP contribution in [0.3, 0.4) is 0 Å². The van der Waals surface area contributed by atoms with Crippen LogP contribution >= 0.6 is 0 Å². The second-order valence-corrected chi connectivity index (χ2v) is 6.96. The van der Waals surface area contributed by atoms with E-state index in [1.165, 1.54) is 31.2 Å². The van der Waals surface area contributed by atoms with Crippen LogP contribution in [0.1, 0.15) is 49.1 Å². The van der Waals surface area contributed by atoms with Crippen LogP contribution < -0.4 is 0 Å². The Bertz CT molecular complexity index is 449. The number of aryl methyl sites for hydroxylation is 1. The summed E-state index contributed by atoms with van der Waals surface area (Å²) in [4.78, 5) is 0. The van der Waals surface area contributed by atoms with E-state index in [1.54, 1.807) is 5.56 Å². The van der Waals surface area contributed by atoms with E-state index in [0.29, 0.717) is 0 Å². The van der Waals surface area contributed by atoms with E-state index in [2.05, 4.69) is 37.8 Å². The normalized spacial score (nSPS) is 30.1. The van der Waals surface area contributed by atoms with E-state index >= 15 is 0 Å². The summed E-state index contributed by atoms with van der Waals surface area (Å²) in [5.74, 6) is 3.57. The molecular weight excluding hydrogens is 256 g/mol. The van der Waals surface area contributed by atoms with E-state index in [1.807, 2.05) is 6.08 Å². The molecule has 0 aliphatic heterocycles. The maximum atomic E-state index is 5.86. The highest BCUT2D eigenvalue weighted by Crippen LogP contribution is 2.64. The number of ether oxygens (including phenoxy) is 1. The molecule has 1 heteroatoms. The quantitative estimate of drug-likeness (QED) is 0.476. The van der Waals surface area contributed by atoms with Crippen LogP contribution in [0.2, 0.25) is 0 Å². The summed E-state index contributed by atoms with van der Waals surface area (Å²) in [5.41, 5.74) is 2.94. The van der Waals surface area contributed by atoms with Gasteiger partial charge in [0.2, 0.25) is 0 Å². The average molecular weight is 284 g/mol. The van der Waals surface area contributed by atoms with Crippen molar-refractivity contribution in [3.05, 3.63) is 48.0 Å². The molecule has 0 saturated heterocycles. The summed E-state index contributed by atoms with van der Waals surface area (Å²) < 4.78 is 5.86. The van der Waals surface area contributed by atoms with E-state index in [4.69, 9.17) is 4.74 Å². The number of unbranched alkanes of at least 4 members (excludes halogenated alkanes) is 2. The van der Waals surface area contributed by atoms with Gasteiger partial charge in [-0.15, -0.1) is 6.58 Å². The van der Waals surface area contributed by atoms with Gasteiger partial charge < -0.3 is 4.74 Å². The summed E-state index contributed by atoms with van der Waals surface area (Å²) in [6.07, 6.45) is 8.28. The van der Waals surface area contributed by atoms with Gasteiger partial charge in [0.15, 0.2) is 0 Å². The molecular formula is C20H28O. The minimum Gasteiger partial charge on any atom is -0.381 e. The number of hydrogen-bond donors (Lipinski definition) is 0. The molecule has 2 unspecified atom stereocenters. The van der Waals surface area contributed by atoms with Crippen molar-refractivity contribution in [3.8, 4) is 0 Å². The number of allylic oxidation sites excluding steroid dienone is 1. The fraction of sp³-hybridized carbons (Fsp3) is 0.600. The molecule has 1 aromatic rings. The molecule has 0 spiro atoms. The van der Waals surface area contributed by atoms with Crippen LogP contribution in [0.5, 0.6) is 0 Å². The summed E-state index contributed by atoms with van der Waals surface area (Å²) >= 11 is 0. The van der Waals surface area contributed by atoms with E-state index < -0.39 is 0 Å². The Balaban J connectivity index is 1.34. The van der Waals surface area contributed by atoms with Crippen molar-refractivity contribution in [2.75, 3.05) is 13.2 Å². The standard InChI is InChI=1S/C20H28O/c1-3-4-5-6-11-21-14-16-12-18-19(13-16)20(18)17-9-7-15(2)8-10-17/h3,7-10,16,18-20H,1,4-6,11-14H2,2H3. The molecule has 1 aromatic carbocycles. The first-order valence-corrected chi connectivity index (χ1v) is 8.55. The molecule has 0 heterocycles. The fourth-order valence-corrected chi connectivity index (χ4v) is 4.12. The summed E-state index contributed by atoms with van der Waals surface area (Å²) in [6.45, 7) is 7.84. The number of benzene rings is 1. The minimum absolute atomic E-state index is 0.820. The van der Waals surface area contributed by atoms with Crippen LogP contribution in [-0.2, 0) is 4.74 Å². The highest BCUT2D eigenvalue weighted by molar-refractivity contribution is 5.32. The van der Waals surface area contributed by atoms with Crippen molar-refractivity contribution in [2.24, 2.45) is 17.8 Å².